The van der Waals surface area contributed by atoms with Crippen LogP contribution < -0.4 is 10.2 Å². The normalized spacial score (nSPS) is 27.4. The number of aromatic nitrogens is 4. The molecule has 3 aromatic rings. The van der Waals surface area contributed by atoms with Crippen LogP contribution in [0.5, 0.6) is 0 Å². The Labute approximate surface area is 188 Å². The third-order valence-corrected chi connectivity index (χ3v) is 6.68. The quantitative estimate of drug-likeness (QED) is 0.307. The minimum Gasteiger partial charge on any atom is -0.396 e. The van der Waals surface area contributed by atoms with E-state index in [1.54, 1.807) is 23.0 Å². The predicted molar refractivity (Wildman–Crippen MR) is 119 cm³/mol. The number of nitrogens with one attached hydrogen (secondary N) is 1. The average molecular weight is 455 g/mol. The summed E-state index contributed by atoms with van der Waals surface area (Å²) in [5.74, 6) is 0.187. The number of benzene rings is 1. The minimum absolute atomic E-state index is 0.0665. The molecular weight excluding hydrogens is 430 g/mol. The van der Waals surface area contributed by atoms with Gasteiger partial charge in [0.1, 0.15) is 17.9 Å². The molecule has 1 aliphatic heterocycles. The molecule has 2 aromatic heterocycles. The maximum absolute atomic E-state index is 10.9. The fourth-order valence-corrected chi connectivity index (χ4v) is 4.85. The number of nitrogens with zero attached hydrogens (tertiary/aromatic N) is 6. The molecule has 1 saturated carbocycles. The van der Waals surface area contributed by atoms with Crippen LogP contribution in [0.2, 0.25) is 0 Å². The van der Waals surface area contributed by atoms with Crippen molar-refractivity contribution in [3.05, 3.63) is 47.0 Å². The number of imidazole rings is 1. The van der Waals surface area contributed by atoms with Crippen LogP contribution in [0, 0.1) is 16.0 Å². The highest BCUT2D eigenvalue weighted by Crippen LogP contribution is 2.37. The Balaban J connectivity index is 1.32. The zero-order chi connectivity index (χ0) is 23.1. The molecule has 2 aliphatic rings. The van der Waals surface area contributed by atoms with Crippen LogP contribution in [0.15, 0.2) is 36.9 Å². The van der Waals surface area contributed by atoms with Crippen molar-refractivity contribution >= 4 is 28.4 Å². The summed E-state index contributed by atoms with van der Waals surface area (Å²) in [5, 5.41) is 44.4. The van der Waals surface area contributed by atoms with Gasteiger partial charge in [-0.25, -0.2) is 15.0 Å². The highest BCUT2D eigenvalue weighted by Gasteiger charge is 2.42. The zero-order valence-electron chi connectivity index (χ0n) is 17.7. The van der Waals surface area contributed by atoms with Crippen molar-refractivity contribution in [2.75, 3.05) is 29.9 Å². The van der Waals surface area contributed by atoms with Gasteiger partial charge in [0.15, 0.2) is 11.5 Å². The van der Waals surface area contributed by atoms with Gasteiger partial charge in [-0.3, -0.25) is 10.1 Å². The number of nitro benzene ring substituents is 1. The first-order valence-corrected chi connectivity index (χ1v) is 10.9. The van der Waals surface area contributed by atoms with E-state index >= 15 is 0 Å². The lowest BCUT2D eigenvalue weighted by Gasteiger charge is -2.19. The smallest absolute Gasteiger partial charge is 0.269 e. The van der Waals surface area contributed by atoms with Crippen LogP contribution in [0.25, 0.3) is 11.2 Å². The molecule has 5 atom stereocenters. The topological polar surface area (TPSA) is 163 Å². The number of anilines is 2. The maximum Gasteiger partial charge on any atom is 0.269 e. The van der Waals surface area contributed by atoms with Crippen molar-refractivity contribution in [3.63, 3.8) is 0 Å². The Bertz CT molecular complexity index is 1150. The van der Waals surface area contributed by atoms with Crippen LogP contribution in [-0.2, 0) is 0 Å². The van der Waals surface area contributed by atoms with Gasteiger partial charge in [-0.1, -0.05) is 0 Å². The Morgan fingerprint density at radius 2 is 1.94 bits per heavy atom. The molecule has 1 aliphatic carbocycles. The van der Waals surface area contributed by atoms with Crippen molar-refractivity contribution in [3.8, 4) is 0 Å². The highest BCUT2D eigenvalue weighted by atomic mass is 16.6. The summed E-state index contributed by atoms with van der Waals surface area (Å²) in [6.45, 7) is 1.30. The monoisotopic (exact) mass is 455 g/mol. The summed E-state index contributed by atoms with van der Waals surface area (Å²) >= 11 is 0. The van der Waals surface area contributed by atoms with E-state index in [9.17, 15) is 25.4 Å². The van der Waals surface area contributed by atoms with E-state index in [0.717, 1.165) is 18.7 Å². The van der Waals surface area contributed by atoms with E-state index in [1.165, 1.54) is 18.5 Å². The molecule has 174 valence electrons. The number of rotatable bonds is 6. The second-order valence-electron chi connectivity index (χ2n) is 8.62. The lowest BCUT2D eigenvalue weighted by molar-refractivity contribution is -0.384. The number of fused-ring (bicyclic) bond motifs is 1. The van der Waals surface area contributed by atoms with Gasteiger partial charge in [0.05, 0.1) is 23.4 Å². The number of non-ortho nitro benzene ring substituents is 1. The number of nitro groups is 1. The highest BCUT2D eigenvalue weighted by molar-refractivity contribution is 5.83. The standard InChI is InChI=1S/C21H25N7O5/c29-9-12-7-16(19(31)18(12)30)27-11-24-17-20(22-10-23-21(17)27)25-13-5-6-26(8-13)14-1-3-15(4-2-14)28(32)33/h1-4,10-13,16,18-19,29-31H,5-9H2,(H,22,23,25)/t12-,13?,16?,18-,19+/m1/s1. The fraction of sp³-hybridized carbons (Fsp3) is 0.476. The van der Waals surface area contributed by atoms with Gasteiger partial charge in [-0.05, 0) is 25.0 Å². The summed E-state index contributed by atoms with van der Waals surface area (Å²) in [7, 11) is 0. The number of hydrogen-bond acceptors (Lipinski definition) is 10. The molecule has 0 amide bonds. The first kappa shape index (κ1) is 21.5. The van der Waals surface area contributed by atoms with Crippen LogP contribution >= 0.6 is 0 Å². The SMILES string of the molecule is O=[N+]([O-])c1ccc(N2CCC(Nc3ncnc4c3ncn4C3C[C@H](CO)[C@@H](O)[C@H]3O)C2)cc1. The first-order chi connectivity index (χ1) is 16.0. The molecule has 12 heteroatoms. The Morgan fingerprint density at radius 3 is 2.64 bits per heavy atom. The lowest BCUT2D eigenvalue weighted by Crippen LogP contribution is -2.30. The Morgan fingerprint density at radius 1 is 1.15 bits per heavy atom. The molecule has 33 heavy (non-hydrogen) atoms. The molecule has 12 nitrogen and oxygen atoms in total. The van der Waals surface area contributed by atoms with Crippen molar-refractivity contribution in [2.24, 2.45) is 5.92 Å². The second kappa shape index (κ2) is 8.54. The predicted octanol–water partition coefficient (Wildman–Crippen LogP) is 0.700. The lowest BCUT2D eigenvalue weighted by atomic mass is 10.1. The summed E-state index contributed by atoms with van der Waals surface area (Å²) in [4.78, 5) is 25.8. The fourth-order valence-electron chi connectivity index (χ4n) is 4.85. The van der Waals surface area contributed by atoms with E-state index in [0.29, 0.717) is 29.9 Å². The Kier molecular flexibility index (Phi) is 5.56. The number of aliphatic hydroxyl groups is 3. The molecule has 0 spiro atoms. The van der Waals surface area contributed by atoms with Gasteiger partial charge in [0, 0.05) is 49.5 Å². The van der Waals surface area contributed by atoms with Gasteiger partial charge < -0.3 is 30.1 Å². The summed E-state index contributed by atoms with van der Waals surface area (Å²) in [5.41, 5.74) is 2.11. The molecular formula is C21H25N7O5. The number of hydrogen-bond donors (Lipinski definition) is 4. The first-order valence-electron chi connectivity index (χ1n) is 10.9. The Hall–Kier alpha value is -3.35. The number of aliphatic hydroxyl groups excluding tert-OH is 3. The van der Waals surface area contributed by atoms with Gasteiger partial charge in [0.25, 0.3) is 5.69 Å². The maximum atomic E-state index is 10.9. The molecule has 2 fully saturated rings. The third-order valence-electron chi connectivity index (χ3n) is 6.68. The van der Waals surface area contributed by atoms with Gasteiger partial charge in [-0.15, -0.1) is 0 Å². The summed E-state index contributed by atoms with van der Waals surface area (Å²) in [6.07, 6.45) is 2.28. The van der Waals surface area contributed by atoms with Gasteiger partial charge in [-0.2, -0.15) is 0 Å². The van der Waals surface area contributed by atoms with Crippen molar-refractivity contribution in [1.29, 1.82) is 0 Å². The average Bonchev–Trinajstić information content (AvgIpc) is 3.53. The van der Waals surface area contributed by atoms with Gasteiger partial charge in [0.2, 0.25) is 0 Å². The van der Waals surface area contributed by atoms with E-state index < -0.39 is 29.1 Å². The molecule has 1 saturated heterocycles. The molecule has 1 aromatic carbocycles. The summed E-state index contributed by atoms with van der Waals surface area (Å²) in [6, 6.07) is 6.19. The van der Waals surface area contributed by atoms with Crippen LogP contribution in [0.1, 0.15) is 18.9 Å². The summed E-state index contributed by atoms with van der Waals surface area (Å²) < 4.78 is 1.74. The second-order valence-corrected chi connectivity index (χ2v) is 8.62. The zero-order valence-corrected chi connectivity index (χ0v) is 17.7. The van der Waals surface area contributed by atoms with E-state index in [2.05, 4.69) is 25.2 Å². The molecule has 0 radical (unpaired) electrons. The van der Waals surface area contributed by atoms with Crippen LogP contribution in [0.4, 0.5) is 17.2 Å². The van der Waals surface area contributed by atoms with E-state index in [-0.39, 0.29) is 18.3 Å². The van der Waals surface area contributed by atoms with Gasteiger partial charge >= 0.3 is 0 Å². The molecule has 2 unspecified atom stereocenters. The largest absolute Gasteiger partial charge is 0.396 e. The minimum atomic E-state index is -1.02. The van der Waals surface area contributed by atoms with Crippen LogP contribution in [-0.4, -0.2) is 77.7 Å². The van der Waals surface area contributed by atoms with Crippen molar-refractivity contribution in [1.82, 2.24) is 19.5 Å². The van der Waals surface area contributed by atoms with E-state index in [1.807, 2.05) is 0 Å². The van der Waals surface area contributed by atoms with Crippen LogP contribution in [0.3, 0.4) is 0 Å². The van der Waals surface area contributed by atoms with Crippen molar-refractivity contribution in [2.45, 2.75) is 37.1 Å². The molecule has 5 rings (SSSR count). The van der Waals surface area contributed by atoms with Crippen molar-refractivity contribution < 1.29 is 20.2 Å². The molecule has 0 bridgehead atoms. The molecule has 3 heterocycles. The third kappa shape index (κ3) is 3.86. The molecule has 4 N–H and O–H groups in total. The van der Waals surface area contributed by atoms with E-state index in [4.69, 9.17) is 0 Å².